The Morgan fingerprint density at radius 2 is 2.44 bits per heavy atom. The SMILES string of the molecule is Cn1cc(CC2(CCl)CC3CCC2C3)cn1. The summed E-state index contributed by atoms with van der Waals surface area (Å²) in [5, 5.41) is 4.26. The van der Waals surface area contributed by atoms with E-state index in [2.05, 4.69) is 11.3 Å². The lowest BCUT2D eigenvalue weighted by Crippen LogP contribution is -2.32. The van der Waals surface area contributed by atoms with E-state index in [1.807, 2.05) is 17.9 Å². The Morgan fingerprint density at radius 1 is 1.56 bits per heavy atom. The predicted octanol–water partition coefficient (Wildman–Crippen LogP) is 3.01. The van der Waals surface area contributed by atoms with Gasteiger partial charge in [-0.05, 0) is 48.5 Å². The van der Waals surface area contributed by atoms with Crippen LogP contribution in [0.25, 0.3) is 0 Å². The van der Waals surface area contributed by atoms with Crippen LogP contribution in [0.2, 0.25) is 0 Å². The predicted molar refractivity (Wildman–Crippen MR) is 65.5 cm³/mol. The maximum absolute atomic E-state index is 6.29. The molecule has 2 bridgehead atoms. The van der Waals surface area contributed by atoms with Crippen LogP contribution in [0.15, 0.2) is 12.4 Å². The number of aromatic nitrogens is 2. The second kappa shape index (κ2) is 3.76. The molecule has 1 heterocycles. The van der Waals surface area contributed by atoms with Crippen LogP contribution >= 0.6 is 11.6 Å². The maximum Gasteiger partial charge on any atom is 0.0521 e. The summed E-state index contributed by atoms with van der Waals surface area (Å²) in [6, 6.07) is 0. The van der Waals surface area contributed by atoms with Crippen LogP contribution in [-0.2, 0) is 13.5 Å². The van der Waals surface area contributed by atoms with Crippen molar-refractivity contribution in [3.05, 3.63) is 18.0 Å². The van der Waals surface area contributed by atoms with Gasteiger partial charge in [-0.2, -0.15) is 5.10 Å². The van der Waals surface area contributed by atoms with Gasteiger partial charge >= 0.3 is 0 Å². The Morgan fingerprint density at radius 3 is 2.94 bits per heavy atom. The van der Waals surface area contributed by atoms with Crippen LogP contribution < -0.4 is 0 Å². The Bertz CT molecular complexity index is 387. The number of alkyl halides is 1. The average molecular weight is 239 g/mol. The van der Waals surface area contributed by atoms with E-state index in [-0.39, 0.29) is 0 Å². The molecule has 3 atom stereocenters. The van der Waals surface area contributed by atoms with Crippen molar-refractivity contribution in [1.29, 1.82) is 0 Å². The molecule has 1 aromatic rings. The number of nitrogens with zero attached hydrogens (tertiary/aromatic N) is 2. The van der Waals surface area contributed by atoms with Gasteiger partial charge in [0, 0.05) is 19.1 Å². The van der Waals surface area contributed by atoms with Crippen LogP contribution in [0.3, 0.4) is 0 Å². The third-order valence-electron chi connectivity index (χ3n) is 4.68. The minimum atomic E-state index is 0.382. The molecule has 88 valence electrons. The van der Waals surface area contributed by atoms with E-state index in [0.717, 1.165) is 24.1 Å². The number of aryl methyl sites for hydroxylation is 1. The van der Waals surface area contributed by atoms with Crippen LogP contribution in [0, 0.1) is 17.3 Å². The highest BCUT2D eigenvalue weighted by molar-refractivity contribution is 6.18. The van der Waals surface area contributed by atoms with Gasteiger partial charge in [0.15, 0.2) is 0 Å². The molecule has 0 N–H and O–H groups in total. The molecule has 3 rings (SSSR count). The van der Waals surface area contributed by atoms with Gasteiger partial charge in [-0.3, -0.25) is 4.68 Å². The van der Waals surface area contributed by atoms with Crippen LogP contribution in [0.4, 0.5) is 0 Å². The lowest BCUT2D eigenvalue weighted by Gasteiger charge is -2.35. The fraction of sp³-hybridized carbons (Fsp3) is 0.769. The Kier molecular flexibility index (Phi) is 2.50. The van der Waals surface area contributed by atoms with Crippen LogP contribution in [0.5, 0.6) is 0 Å². The molecular formula is C13H19ClN2. The number of halogens is 1. The first-order valence-corrected chi connectivity index (χ1v) is 6.79. The average Bonchev–Trinajstić information content (AvgIpc) is 2.94. The van der Waals surface area contributed by atoms with E-state index < -0.39 is 0 Å². The summed E-state index contributed by atoms with van der Waals surface area (Å²) >= 11 is 6.29. The summed E-state index contributed by atoms with van der Waals surface area (Å²) in [5.41, 5.74) is 1.74. The molecule has 0 saturated heterocycles. The molecule has 1 aromatic heterocycles. The molecule has 0 radical (unpaired) electrons. The first-order chi connectivity index (χ1) is 7.72. The van der Waals surface area contributed by atoms with Crippen molar-refractivity contribution in [2.24, 2.45) is 24.3 Å². The normalized spacial score (nSPS) is 37.1. The second-order valence-corrected chi connectivity index (χ2v) is 6.04. The number of rotatable bonds is 3. The lowest BCUT2D eigenvalue weighted by atomic mass is 9.71. The van der Waals surface area contributed by atoms with Crippen LogP contribution in [-0.4, -0.2) is 15.7 Å². The molecule has 3 heteroatoms. The van der Waals surface area contributed by atoms with Gasteiger partial charge in [-0.25, -0.2) is 0 Å². The van der Waals surface area contributed by atoms with Gasteiger partial charge in [0.05, 0.1) is 6.20 Å². The molecular weight excluding hydrogens is 220 g/mol. The Balaban J connectivity index is 1.81. The molecule has 2 fully saturated rings. The molecule has 2 aliphatic rings. The number of fused-ring (bicyclic) bond motifs is 2. The van der Waals surface area contributed by atoms with Gasteiger partial charge < -0.3 is 0 Å². The second-order valence-electron chi connectivity index (χ2n) is 5.78. The first kappa shape index (κ1) is 10.6. The van der Waals surface area contributed by atoms with Crippen molar-refractivity contribution in [2.45, 2.75) is 32.1 Å². The summed E-state index contributed by atoms with van der Waals surface area (Å²) < 4.78 is 1.89. The number of hydrogen-bond donors (Lipinski definition) is 0. The summed E-state index contributed by atoms with van der Waals surface area (Å²) in [4.78, 5) is 0. The highest BCUT2D eigenvalue weighted by Gasteiger charge is 2.50. The van der Waals surface area contributed by atoms with E-state index in [0.29, 0.717) is 5.41 Å². The molecule has 0 aliphatic heterocycles. The molecule has 3 unspecified atom stereocenters. The Labute approximate surface area is 102 Å². The quantitative estimate of drug-likeness (QED) is 0.741. The molecule has 0 amide bonds. The van der Waals surface area contributed by atoms with Crippen molar-refractivity contribution in [2.75, 3.05) is 5.88 Å². The van der Waals surface area contributed by atoms with E-state index in [1.54, 1.807) is 0 Å². The topological polar surface area (TPSA) is 17.8 Å². The van der Waals surface area contributed by atoms with Gasteiger partial charge in [-0.15, -0.1) is 11.6 Å². The fourth-order valence-electron chi connectivity index (χ4n) is 3.96. The highest BCUT2D eigenvalue weighted by atomic mass is 35.5. The van der Waals surface area contributed by atoms with Crippen molar-refractivity contribution in [3.63, 3.8) is 0 Å². The molecule has 2 nitrogen and oxygen atoms in total. The van der Waals surface area contributed by atoms with Gasteiger partial charge in [0.2, 0.25) is 0 Å². The third-order valence-corrected chi connectivity index (χ3v) is 5.22. The van der Waals surface area contributed by atoms with Crippen molar-refractivity contribution >= 4 is 11.6 Å². The molecule has 0 spiro atoms. The largest absolute Gasteiger partial charge is 0.276 e. The molecule has 2 saturated carbocycles. The van der Waals surface area contributed by atoms with Gasteiger partial charge in [-0.1, -0.05) is 6.42 Å². The molecule has 0 aromatic carbocycles. The van der Waals surface area contributed by atoms with E-state index in [4.69, 9.17) is 11.6 Å². The van der Waals surface area contributed by atoms with Crippen molar-refractivity contribution in [3.8, 4) is 0 Å². The zero-order chi connectivity index (χ0) is 11.2. The minimum absolute atomic E-state index is 0.382. The summed E-state index contributed by atoms with van der Waals surface area (Å²) in [6.45, 7) is 0. The fourth-order valence-corrected chi connectivity index (χ4v) is 4.38. The monoisotopic (exact) mass is 238 g/mol. The van der Waals surface area contributed by atoms with E-state index in [1.165, 1.54) is 31.2 Å². The smallest absolute Gasteiger partial charge is 0.0521 e. The molecule has 16 heavy (non-hydrogen) atoms. The standard InChI is InChI=1S/C13H19ClN2/c1-16-8-11(7-15-16)6-13(9-14)5-10-2-3-12(13)4-10/h7-8,10,12H,2-6,9H2,1H3. The lowest BCUT2D eigenvalue weighted by molar-refractivity contribution is 0.193. The third kappa shape index (κ3) is 1.58. The molecule has 2 aliphatic carbocycles. The van der Waals surface area contributed by atoms with E-state index >= 15 is 0 Å². The summed E-state index contributed by atoms with van der Waals surface area (Å²) in [6.07, 6.45) is 10.9. The summed E-state index contributed by atoms with van der Waals surface area (Å²) in [7, 11) is 1.98. The van der Waals surface area contributed by atoms with Gasteiger partial charge in [0.25, 0.3) is 0 Å². The van der Waals surface area contributed by atoms with Crippen molar-refractivity contribution < 1.29 is 0 Å². The zero-order valence-electron chi connectivity index (χ0n) is 9.82. The van der Waals surface area contributed by atoms with Crippen molar-refractivity contribution in [1.82, 2.24) is 9.78 Å². The first-order valence-electron chi connectivity index (χ1n) is 6.25. The van der Waals surface area contributed by atoms with Gasteiger partial charge in [0.1, 0.15) is 0 Å². The minimum Gasteiger partial charge on any atom is -0.276 e. The highest BCUT2D eigenvalue weighted by Crippen LogP contribution is 2.57. The Hall–Kier alpha value is -0.500. The van der Waals surface area contributed by atoms with E-state index in [9.17, 15) is 0 Å². The summed E-state index contributed by atoms with van der Waals surface area (Å²) in [5.74, 6) is 2.65. The zero-order valence-corrected chi connectivity index (χ0v) is 10.6. The maximum atomic E-state index is 6.29. The number of hydrogen-bond acceptors (Lipinski definition) is 1. The van der Waals surface area contributed by atoms with Crippen LogP contribution in [0.1, 0.15) is 31.2 Å².